The number of benzene rings is 2. The standard InChI is InChI=1S/C33H43N7O5.Ac/c1-15(7-6-8-37-33(35)36)32(43)38-13-24-26-20(28(41)18(4)30-31(26)45-14-44-30)11-22-27-25-19(9-16(2)17(3)29(25)42)10-21(39(27)5)23(12-34)40(22)24;/h9,15,21-24,27,41-42H,6-8,10-11,13-14H2,1-5H3,(H,38,43)(H4,35,36,37);/t15-,21-,22?,23-,24-,27-;/m0./s1. The van der Waals surface area contributed by atoms with E-state index in [4.69, 9.17) is 20.9 Å². The maximum absolute atomic E-state index is 13.4. The van der Waals surface area contributed by atoms with Crippen molar-refractivity contribution >= 4 is 11.9 Å². The summed E-state index contributed by atoms with van der Waals surface area (Å²) in [6.07, 6.45) is 2.30. The van der Waals surface area contributed by atoms with Gasteiger partial charge in [0.1, 0.15) is 17.5 Å². The van der Waals surface area contributed by atoms with Crippen LogP contribution >= 0.6 is 0 Å². The monoisotopic (exact) mass is 844 g/mol. The van der Waals surface area contributed by atoms with Crippen LogP contribution < -0.4 is 26.3 Å². The molecule has 0 spiro atoms. The number of nitrogens with zero attached hydrogens (tertiary/aromatic N) is 4. The number of amides is 1. The second kappa shape index (κ2) is 13.4. The fraction of sp³-hybridized carbons (Fsp3) is 0.545. The Morgan fingerprint density at radius 1 is 1.13 bits per heavy atom. The largest absolute Gasteiger partial charge is 0.507 e. The summed E-state index contributed by atoms with van der Waals surface area (Å²) in [5.74, 6) is 1.09. The first kappa shape index (κ1) is 34.6. The fourth-order valence-corrected chi connectivity index (χ4v) is 8.02. The molecule has 1 unspecified atom stereocenters. The molecular formula is C33H43AcN7O5. The molecule has 6 rings (SSSR count). The van der Waals surface area contributed by atoms with Gasteiger partial charge in [-0.15, -0.1) is 0 Å². The molecule has 2 aromatic carbocycles. The molecule has 1 fully saturated rings. The number of guanidine groups is 1. The van der Waals surface area contributed by atoms with Gasteiger partial charge in [-0.3, -0.25) is 19.6 Å². The molecule has 1 amide bonds. The van der Waals surface area contributed by atoms with Crippen LogP contribution in [0.5, 0.6) is 23.0 Å². The molecule has 243 valence electrons. The fourth-order valence-electron chi connectivity index (χ4n) is 8.02. The Balaban J connectivity index is 0.00000417. The van der Waals surface area contributed by atoms with Crippen LogP contribution in [0.2, 0.25) is 0 Å². The van der Waals surface area contributed by atoms with E-state index in [2.05, 4.69) is 32.2 Å². The van der Waals surface area contributed by atoms with Gasteiger partial charge in [0.05, 0.1) is 18.2 Å². The van der Waals surface area contributed by atoms with E-state index >= 15 is 0 Å². The number of nitriles is 1. The summed E-state index contributed by atoms with van der Waals surface area (Å²) in [6.45, 7) is 8.28. The quantitative estimate of drug-likeness (QED) is 0.158. The first-order valence-electron chi connectivity index (χ1n) is 15.6. The number of piperazine rings is 1. The van der Waals surface area contributed by atoms with Crippen molar-refractivity contribution in [3.8, 4) is 29.1 Å². The van der Waals surface area contributed by atoms with Crippen LogP contribution in [0.1, 0.15) is 70.8 Å². The Bertz CT molecular complexity index is 1620. The minimum Gasteiger partial charge on any atom is -0.507 e. The van der Waals surface area contributed by atoms with E-state index < -0.39 is 12.1 Å². The Morgan fingerprint density at radius 3 is 2.54 bits per heavy atom. The predicted octanol–water partition coefficient (Wildman–Crippen LogP) is 2.33. The molecule has 7 N–H and O–H groups in total. The van der Waals surface area contributed by atoms with E-state index in [1.165, 1.54) is 0 Å². The first-order chi connectivity index (χ1) is 21.5. The average molecular weight is 845 g/mol. The summed E-state index contributed by atoms with van der Waals surface area (Å²) >= 11 is 0. The van der Waals surface area contributed by atoms with Gasteiger partial charge in [-0.2, -0.15) is 5.26 Å². The molecule has 4 heterocycles. The molecule has 1 radical (unpaired) electrons. The van der Waals surface area contributed by atoms with Crippen molar-refractivity contribution in [2.75, 3.05) is 26.9 Å². The van der Waals surface area contributed by atoms with Gasteiger partial charge in [0.25, 0.3) is 0 Å². The summed E-state index contributed by atoms with van der Waals surface area (Å²) in [6, 6.07) is 3.07. The van der Waals surface area contributed by atoms with Crippen LogP contribution in [0, 0.1) is 82.1 Å². The number of nitrogens with two attached hydrogens (primary N) is 2. The zero-order chi connectivity index (χ0) is 32.3. The van der Waals surface area contributed by atoms with Gasteiger partial charge in [0, 0.05) is 97.4 Å². The molecule has 0 saturated carbocycles. The van der Waals surface area contributed by atoms with Crippen LogP contribution in [0.4, 0.5) is 0 Å². The van der Waals surface area contributed by atoms with E-state index in [0.717, 1.165) is 33.4 Å². The molecule has 12 nitrogen and oxygen atoms in total. The maximum Gasteiger partial charge on any atom is 0.231 e. The third-order valence-corrected chi connectivity index (χ3v) is 10.5. The van der Waals surface area contributed by atoms with E-state index in [1.54, 1.807) is 0 Å². The molecule has 2 aromatic rings. The summed E-state index contributed by atoms with van der Waals surface area (Å²) in [4.78, 5) is 21.8. The number of aryl methyl sites for hydroxylation is 1. The first-order valence-corrected chi connectivity index (χ1v) is 15.6. The molecule has 6 atom stereocenters. The van der Waals surface area contributed by atoms with Crippen LogP contribution in [-0.4, -0.2) is 76.9 Å². The summed E-state index contributed by atoms with van der Waals surface area (Å²) in [7, 11) is 2.02. The van der Waals surface area contributed by atoms with Crippen LogP contribution in [0.25, 0.3) is 0 Å². The molecule has 4 aliphatic rings. The number of aliphatic imine (C=N–C) groups is 1. The molecule has 13 heteroatoms. The molecule has 0 aromatic heterocycles. The van der Waals surface area contributed by atoms with Crippen molar-refractivity contribution in [2.24, 2.45) is 22.4 Å². The summed E-state index contributed by atoms with van der Waals surface area (Å²) < 4.78 is 11.8. The van der Waals surface area contributed by atoms with Gasteiger partial charge in [-0.25, -0.2) is 0 Å². The summed E-state index contributed by atoms with van der Waals surface area (Å²) in [5, 5.41) is 37.0. The van der Waals surface area contributed by atoms with Gasteiger partial charge in [-0.05, 0) is 70.2 Å². The van der Waals surface area contributed by atoms with Gasteiger partial charge < -0.3 is 36.5 Å². The average Bonchev–Trinajstić information content (AvgIpc) is 3.50. The molecule has 4 aliphatic heterocycles. The number of carbonyl (C=O) groups excluding carboxylic acids is 1. The second-order valence-electron chi connectivity index (χ2n) is 13.0. The summed E-state index contributed by atoms with van der Waals surface area (Å²) in [5.41, 5.74) is 16.7. The number of likely N-dealkylation sites (N-methyl/N-ethyl adjacent to an activating group) is 1. The number of hydrogen-bond donors (Lipinski definition) is 5. The second-order valence-corrected chi connectivity index (χ2v) is 13.0. The number of rotatable bonds is 7. The van der Waals surface area contributed by atoms with Crippen molar-refractivity contribution in [3.63, 3.8) is 0 Å². The smallest absolute Gasteiger partial charge is 0.231 e. The number of fused-ring (bicyclic) bond motifs is 9. The maximum atomic E-state index is 13.4. The van der Waals surface area contributed by atoms with Crippen molar-refractivity contribution in [2.45, 2.75) is 83.6 Å². The molecule has 2 bridgehead atoms. The minimum atomic E-state index is -0.526. The topological polar surface area (TPSA) is 183 Å². The number of ether oxygens (including phenoxy) is 2. The Morgan fingerprint density at radius 2 is 1.85 bits per heavy atom. The van der Waals surface area contributed by atoms with Crippen molar-refractivity contribution in [3.05, 3.63) is 45.0 Å². The van der Waals surface area contributed by atoms with Crippen LogP contribution in [-0.2, 0) is 17.6 Å². The number of phenolic OH excluding ortho intramolecular Hbond substituents is 2. The van der Waals surface area contributed by atoms with Gasteiger partial charge in [0.2, 0.25) is 12.7 Å². The third kappa shape index (κ3) is 5.59. The van der Waals surface area contributed by atoms with Gasteiger partial charge in [-0.1, -0.05) is 13.0 Å². The zero-order valence-electron chi connectivity index (χ0n) is 27.1. The number of hydrogen-bond acceptors (Lipinski definition) is 9. The van der Waals surface area contributed by atoms with Crippen molar-refractivity contribution in [1.82, 2.24) is 15.1 Å². The SMILES string of the molecule is Cc1cc2c(c(O)c1C)[C@@H]1C3Cc4c(O)c(C)c5c(c4[C@H](CNC(=O)[C@@H](C)CCCN=C(N)N)N3[C@@H](C#N)[C@H](C2)N1C)OCO5.[Ac]. The van der Waals surface area contributed by atoms with Crippen molar-refractivity contribution in [1.29, 1.82) is 5.26 Å². The third-order valence-electron chi connectivity index (χ3n) is 10.5. The Hall–Kier alpha value is -2.77. The van der Waals surface area contributed by atoms with Gasteiger partial charge >= 0.3 is 0 Å². The molecular weight excluding hydrogens is 801 g/mol. The van der Waals surface area contributed by atoms with E-state index in [0.29, 0.717) is 49.3 Å². The molecule has 46 heavy (non-hydrogen) atoms. The number of carbonyl (C=O) groups is 1. The Labute approximate surface area is 305 Å². The number of nitrogens with one attached hydrogen (secondary N) is 1. The van der Waals surface area contributed by atoms with E-state index in [1.807, 2.05) is 34.7 Å². The van der Waals surface area contributed by atoms with Crippen LogP contribution in [0.3, 0.4) is 0 Å². The predicted molar refractivity (Wildman–Crippen MR) is 168 cm³/mol. The normalized spacial score (nSPS) is 24.8. The zero-order valence-corrected chi connectivity index (χ0v) is 31.9. The van der Waals surface area contributed by atoms with Crippen molar-refractivity contribution < 1.29 is 68.5 Å². The van der Waals surface area contributed by atoms with E-state index in [9.17, 15) is 20.3 Å². The number of aromatic hydroxyl groups is 2. The van der Waals surface area contributed by atoms with Crippen LogP contribution in [0.15, 0.2) is 11.1 Å². The van der Waals surface area contributed by atoms with E-state index in [-0.39, 0.29) is 105 Å². The molecule has 1 saturated heterocycles. The van der Waals surface area contributed by atoms with Gasteiger partial charge in [0.15, 0.2) is 17.5 Å². The molecule has 0 aliphatic carbocycles. The minimum absolute atomic E-state index is 0. The number of phenols is 2. The Kier molecular flexibility index (Phi) is 10.1.